The zero-order valence-corrected chi connectivity index (χ0v) is 15.8. The van der Waals surface area contributed by atoms with Crippen LogP contribution in [-0.4, -0.2) is 57.5 Å². The lowest BCUT2D eigenvalue weighted by molar-refractivity contribution is -0.138. The van der Waals surface area contributed by atoms with Crippen molar-refractivity contribution in [2.45, 2.75) is 65.0 Å². The van der Waals surface area contributed by atoms with Crippen molar-refractivity contribution in [3.63, 3.8) is 0 Å². The smallest absolute Gasteiger partial charge is 0.323 e. The zero-order valence-electron chi connectivity index (χ0n) is 15.8. The second-order valence-electron chi connectivity index (χ2n) is 7.86. The van der Waals surface area contributed by atoms with Crippen molar-refractivity contribution in [2.24, 2.45) is 0 Å². The Kier molecular flexibility index (Phi) is 5.87. The van der Waals surface area contributed by atoms with Crippen LogP contribution in [0.1, 0.15) is 69.6 Å². The lowest BCUT2D eigenvalue weighted by atomic mass is 10.0. The van der Waals surface area contributed by atoms with E-state index in [1.165, 1.54) is 4.90 Å². The molecule has 0 radical (unpaired) electrons. The Bertz CT molecular complexity index is 625. The van der Waals surface area contributed by atoms with E-state index in [1.54, 1.807) is 6.07 Å². The molecule has 0 spiro atoms. The molecular weight excluding hydrogens is 322 g/mol. The minimum atomic E-state index is -1.01. The first kappa shape index (κ1) is 19.4. The van der Waals surface area contributed by atoms with Crippen molar-refractivity contribution in [2.75, 3.05) is 19.8 Å². The highest BCUT2D eigenvalue weighted by atomic mass is 16.5. The second-order valence-corrected chi connectivity index (χ2v) is 7.86. The predicted molar refractivity (Wildman–Crippen MR) is 93.8 cm³/mol. The van der Waals surface area contributed by atoms with E-state index in [-0.39, 0.29) is 30.0 Å². The van der Waals surface area contributed by atoms with Gasteiger partial charge in [-0.2, -0.15) is 5.10 Å². The van der Waals surface area contributed by atoms with Gasteiger partial charge in [-0.1, -0.05) is 13.8 Å². The van der Waals surface area contributed by atoms with E-state index in [4.69, 9.17) is 4.74 Å². The van der Waals surface area contributed by atoms with E-state index in [9.17, 15) is 14.7 Å². The first-order chi connectivity index (χ1) is 11.6. The van der Waals surface area contributed by atoms with Crippen LogP contribution in [0, 0.1) is 0 Å². The number of amides is 1. The fraction of sp³-hybridized carbons (Fsp3) is 0.722. The number of carbonyl (C=O) groups excluding carboxylic acids is 1. The van der Waals surface area contributed by atoms with Crippen LogP contribution in [-0.2, 0) is 15.1 Å². The molecule has 0 aliphatic carbocycles. The van der Waals surface area contributed by atoms with Gasteiger partial charge in [-0.05, 0) is 45.6 Å². The van der Waals surface area contributed by atoms with Crippen molar-refractivity contribution in [1.82, 2.24) is 14.7 Å². The normalized spacial score (nSPS) is 16.2. The highest BCUT2D eigenvalue weighted by Crippen LogP contribution is 2.25. The molecule has 2 rings (SSSR count). The molecule has 1 aromatic rings. The van der Waals surface area contributed by atoms with Gasteiger partial charge in [0.15, 0.2) is 5.69 Å². The van der Waals surface area contributed by atoms with Crippen molar-refractivity contribution in [3.05, 3.63) is 17.5 Å². The average molecular weight is 351 g/mol. The molecule has 0 bridgehead atoms. The molecule has 7 nitrogen and oxygen atoms in total. The van der Waals surface area contributed by atoms with Crippen molar-refractivity contribution in [1.29, 1.82) is 0 Å². The molecule has 1 N–H and O–H groups in total. The Hall–Kier alpha value is -1.89. The van der Waals surface area contributed by atoms with Crippen LogP contribution < -0.4 is 0 Å². The van der Waals surface area contributed by atoms with Crippen LogP contribution in [0.5, 0.6) is 0 Å². The fourth-order valence-corrected chi connectivity index (χ4v) is 3.11. The Morgan fingerprint density at radius 3 is 2.40 bits per heavy atom. The summed E-state index contributed by atoms with van der Waals surface area (Å²) in [7, 11) is 0. The number of hydrogen-bond acceptors (Lipinski definition) is 4. The van der Waals surface area contributed by atoms with Crippen molar-refractivity contribution in [3.8, 4) is 0 Å². The third kappa shape index (κ3) is 4.60. The van der Waals surface area contributed by atoms with Gasteiger partial charge in [-0.25, -0.2) is 0 Å². The first-order valence-corrected chi connectivity index (χ1v) is 8.82. The molecule has 1 amide bonds. The summed E-state index contributed by atoms with van der Waals surface area (Å²) >= 11 is 0. The Morgan fingerprint density at radius 1 is 1.36 bits per heavy atom. The number of aromatic nitrogens is 2. The Balaban J connectivity index is 2.36. The highest BCUT2D eigenvalue weighted by molar-refractivity contribution is 5.94. The number of carboxylic acids is 1. The summed E-state index contributed by atoms with van der Waals surface area (Å²) in [6, 6.07) is 1.67. The monoisotopic (exact) mass is 351 g/mol. The van der Waals surface area contributed by atoms with E-state index in [0.29, 0.717) is 31.7 Å². The minimum Gasteiger partial charge on any atom is -0.480 e. The standard InChI is InChI=1S/C18H29N3O4/c1-12(2)15-10-14(19-21(15)18(3,4)5)17(24)20(11-16(22)23)13-6-8-25-9-7-13/h10,12-13H,6-9,11H2,1-5H3,(H,22,23). The molecule has 1 fully saturated rings. The topological polar surface area (TPSA) is 84.7 Å². The van der Waals surface area contributed by atoms with Gasteiger partial charge < -0.3 is 14.7 Å². The third-order valence-electron chi connectivity index (χ3n) is 4.38. The number of ether oxygens (including phenoxy) is 1. The summed E-state index contributed by atoms with van der Waals surface area (Å²) in [5, 5.41) is 13.8. The molecule has 1 aliphatic heterocycles. The predicted octanol–water partition coefficient (Wildman–Crippen LogP) is 2.47. The third-order valence-corrected chi connectivity index (χ3v) is 4.38. The number of carboxylic acid groups (broad SMARTS) is 1. The minimum absolute atomic E-state index is 0.125. The molecule has 25 heavy (non-hydrogen) atoms. The van der Waals surface area contributed by atoms with E-state index < -0.39 is 5.97 Å². The number of carbonyl (C=O) groups is 2. The zero-order chi connectivity index (χ0) is 18.8. The van der Waals surface area contributed by atoms with Gasteiger partial charge in [0.05, 0.1) is 5.54 Å². The summed E-state index contributed by atoms with van der Waals surface area (Å²) < 4.78 is 7.20. The maximum absolute atomic E-state index is 13.0. The molecule has 1 saturated heterocycles. The maximum Gasteiger partial charge on any atom is 0.323 e. The number of aliphatic carboxylic acids is 1. The van der Waals surface area contributed by atoms with E-state index in [0.717, 1.165) is 5.69 Å². The van der Waals surface area contributed by atoms with Crippen molar-refractivity contribution >= 4 is 11.9 Å². The van der Waals surface area contributed by atoms with Crippen LogP contribution in [0.15, 0.2) is 6.07 Å². The quantitative estimate of drug-likeness (QED) is 0.881. The lowest BCUT2D eigenvalue weighted by Crippen LogP contribution is -2.46. The second kappa shape index (κ2) is 7.56. The van der Waals surface area contributed by atoms with Gasteiger partial charge in [-0.15, -0.1) is 0 Å². The van der Waals surface area contributed by atoms with E-state index >= 15 is 0 Å². The summed E-state index contributed by atoms with van der Waals surface area (Å²) in [5.74, 6) is -1.12. The molecule has 0 unspecified atom stereocenters. The number of nitrogens with zero attached hydrogens (tertiary/aromatic N) is 3. The van der Waals surface area contributed by atoms with Crippen molar-refractivity contribution < 1.29 is 19.4 Å². The summed E-state index contributed by atoms with van der Waals surface area (Å²) in [6.45, 7) is 11.0. The van der Waals surface area contributed by atoms with Crippen LogP contribution in [0.4, 0.5) is 0 Å². The van der Waals surface area contributed by atoms with Gasteiger partial charge in [0.2, 0.25) is 0 Å². The van der Waals surface area contributed by atoms with Gasteiger partial charge in [0.1, 0.15) is 6.54 Å². The molecule has 1 aromatic heterocycles. The first-order valence-electron chi connectivity index (χ1n) is 8.82. The number of hydrogen-bond donors (Lipinski definition) is 1. The van der Waals surface area contributed by atoms with E-state index in [2.05, 4.69) is 18.9 Å². The molecule has 2 heterocycles. The Labute approximate surface area is 148 Å². The lowest BCUT2D eigenvalue weighted by Gasteiger charge is -2.32. The fourth-order valence-electron chi connectivity index (χ4n) is 3.11. The van der Waals surface area contributed by atoms with Crippen LogP contribution in [0.3, 0.4) is 0 Å². The molecule has 7 heteroatoms. The molecule has 0 atom stereocenters. The van der Waals surface area contributed by atoms with Gasteiger partial charge in [0.25, 0.3) is 5.91 Å². The summed E-state index contributed by atoms with van der Waals surface area (Å²) in [5.41, 5.74) is 1.03. The van der Waals surface area contributed by atoms with E-state index in [1.807, 2.05) is 25.5 Å². The maximum atomic E-state index is 13.0. The highest BCUT2D eigenvalue weighted by Gasteiger charge is 2.31. The van der Waals surface area contributed by atoms with Crippen LogP contribution in [0.25, 0.3) is 0 Å². The molecule has 1 aliphatic rings. The van der Waals surface area contributed by atoms with Gasteiger partial charge >= 0.3 is 5.97 Å². The Morgan fingerprint density at radius 2 is 1.96 bits per heavy atom. The van der Waals surface area contributed by atoms with Crippen LogP contribution >= 0.6 is 0 Å². The molecule has 140 valence electrons. The average Bonchev–Trinajstić information content (AvgIpc) is 2.98. The molecule has 0 saturated carbocycles. The van der Waals surface area contributed by atoms with Gasteiger partial charge in [-0.3, -0.25) is 14.3 Å². The van der Waals surface area contributed by atoms with Gasteiger partial charge in [0, 0.05) is 24.9 Å². The van der Waals surface area contributed by atoms with Crippen LogP contribution in [0.2, 0.25) is 0 Å². The SMILES string of the molecule is CC(C)c1cc(C(=O)N(CC(=O)O)C2CCOCC2)nn1C(C)(C)C. The molecule has 0 aromatic carbocycles. The summed E-state index contributed by atoms with van der Waals surface area (Å²) in [4.78, 5) is 25.8. The molecular formula is C18H29N3O4. The largest absolute Gasteiger partial charge is 0.480 e. The summed E-state index contributed by atoms with van der Waals surface area (Å²) in [6.07, 6.45) is 1.30. The number of rotatable bonds is 5.